The van der Waals surface area contributed by atoms with E-state index in [0.29, 0.717) is 6.61 Å². The number of rotatable bonds is 5. The van der Waals surface area contributed by atoms with Crippen molar-refractivity contribution in [2.45, 2.75) is 70.9 Å². The molecule has 1 aliphatic rings. The van der Waals surface area contributed by atoms with Crippen molar-refractivity contribution >= 4 is 0 Å². The third-order valence-electron chi connectivity index (χ3n) is 2.99. The fourth-order valence-corrected chi connectivity index (χ4v) is 1.89. The monoisotopic (exact) mass is 216 g/mol. The highest BCUT2D eigenvalue weighted by molar-refractivity contribution is 4.87. The summed E-state index contributed by atoms with van der Waals surface area (Å²) in [5.74, 6) is -0.542. The minimum absolute atomic E-state index is 0.190. The van der Waals surface area contributed by atoms with Gasteiger partial charge in [-0.3, -0.25) is 0 Å². The summed E-state index contributed by atoms with van der Waals surface area (Å²) in [5, 5.41) is 10.3. The van der Waals surface area contributed by atoms with Gasteiger partial charge in [-0.1, -0.05) is 26.2 Å². The minimum Gasteiger partial charge on any atom is -0.387 e. The number of ether oxygens (including phenoxy) is 2. The van der Waals surface area contributed by atoms with Gasteiger partial charge in [-0.25, -0.2) is 0 Å². The number of hydrogen-bond donors (Lipinski definition) is 1. The van der Waals surface area contributed by atoms with E-state index in [-0.39, 0.29) is 6.10 Å². The molecule has 0 bridgehead atoms. The van der Waals surface area contributed by atoms with Crippen LogP contribution < -0.4 is 0 Å². The first-order chi connectivity index (χ1) is 6.87. The average molecular weight is 216 g/mol. The summed E-state index contributed by atoms with van der Waals surface area (Å²) in [6.07, 6.45) is 3.97. The van der Waals surface area contributed by atoms with Gasteiger partial charge in [0.05, 0.1) is 12.2 Å². The zero-order valence-corrected chi connectivity index (χ0v) is 10.4. The van der Waals surface area contributed by atoms with Crippen molar-refractivity contribution in [1.29, 1.82) is 0 Å². The molecular formula is C12H24O3. The molecule has 0 amide bonds. The molecule has 0 spiro atoms. The maximum absolute atomic E-state index is 10.3. The third kappa shape index (κ3) is 3.74. The highest BCUT2D eigenvalue weighted by atomic mass is 16.7. The molecule has 3 nitrogen and oxygen atoms in total. The van der Waals surface area contributed by atoms with Gasteiger partial charge in [-0.05, 0) is 27.2 Å². The molecule has 90 valence electrons. The summed E-state index contributed by atoms with van der Waals surface area (Å²) in [6, 6.07) is 0. The van der Waals surface area contributed by atoms with E-state index in [1.165, 1.54) is 6.42 Å². The standard InChI is InChI=1S/C12H24O3/c1-5-6-7-8-12(4,13)10-9-14-11(2,3)15-10/h10,13H,5-9H2,1-4H3/t10-,12+/m0/s1. The molecule has 0 radical (unpaired) electrons. The molecule has 0 saturated carbocycles. The molecule has 2 atom stereocenters. The van der Waals surface area contributed by atoms with Gasteiger partial charge in [0.25, 0.3) is 0 Å². The van der Waals surface area contributed by atoms with E-state index in [4.69, 9.17) is 9.47 Å². The van der Waals surface area contributed by atoms with Crippen molar-refractivity contribution in [3.8, 4) is 0 Å². The van der Waals surface area contributed by atoms with E-state index in [2.05, 4.69) is 6.92 Å². The van der Waals surface area contributed by atoms with Crippen LogP contribution in [-0.4, -0.2) is 29.2 Å². The lowest BCUT2D eigenvalue weighted by Gasteiger charge is -2.29. The molecule has 1 saturated heterocycles. The summed E-state index contributed by atoms with van der Waals surface area (Å²) in [4.78, 5) is 0. The summed E-state index contributed by atoms with van der Waals surface area (Å²) in [5.41, 5.74) is -0.761. The van der Waals surface area contributed by atoms with E-state index in [9.17, 15) is 5.11 Å². The lowest BCUT2D eigenvalue weighted by molar-refractivity contribution is -0.168. The van der Waals surface area contributed by atoms with Gasteiger partial charge in [0.1, 0.15) is 6.10 Å². The molecule has 0 aromatic carbocycles. The zero-order valence-electron chi connectivity index (χ0n) is 10.4. The molecule has 1 rings (SSSR count). The van der Waals surface area contributed by atoms with Crippen LogP contribution in [0.3, 0.4) is 0 Å². The molecule has 3 heteroatoms. The molecule has 1 N–H and O–H groups in total. The van der Waals surface area contributed by atoms with Crippen LogP contribution in [-0.2, 0) is 9.47 Å². The second-order valence-corrected chi connectivity index (χ2v) is 5.13. The Hall–Kier alpha value is -0.120. The Morgan fingerprint density at radius 2 is 2.07 bits per heavy atom. The fourth-order valence-electron chi connectivity index (χ4n) is 1.89. The highest BCUT2D eigenvalue weighted by Crippen LogP contribution is 2.31. The Labute approximate surface area is 92.8 Å². The van der Waals surface area contributed by atoms with Gasteiger partial charge in [-0.15, -0.1) is 0 Å². The predicted molar refractivity (Wildman–Crippen MR) is 59.7 cm³/mol. The average Bonchev–Trinajstić information content (AvgIpc) is 2.47. The van der Waals surface area contributed by atoms with Crippen LogP contribution in [0.15, 0.2) is 0 Å². The molecule has 0 aromatic heterocycles. The van der Waals surface area contributed by atoms with Gasteiger partial charge in [-0.2, -0.15) is 0 Å². The minimum atomic E-state index is -0.761. The molecule has 15 heavy (non-hydrogen) atoms. The fraction of sp³-hybridized carbons (Fsp3) is 1.00. The quantitative estimate of drug-likeness (QED) is 0.717. The van der Waals surface area contributed by atoms with E-state index in [1.54, 1.807) is 0 Å². The van der Waals surface area contributed by atoms with Gasteiger partial charge >= 0.3 is 0 Å². The van der Waals surface area contributed by atoms with Gasteiger partial charge < -0.3 is 14.6 Å². The molecule has 0 aliphatic carbocycles. The maximum atomic E-state index is 10.3. The Morgan fingerprint density at radius 1 is 1.40 bits per heavy atom. The Balaban J connectivity index is 2.41. The topological polar surface area (TPSA) is 38.7 Å². The van der Waals surface area contributed by atoms with Gasteiger partial charge in [0, 0.05) is 0 Å². The van der Waals surface area contributed by atoms with Crippen LogP contribution in [0.1, 0.15) is 53.4 Å². The second kappa shape index (κ2) is 4.81. The van der Waals surface area contributed by atoms with E-state index in [1.807, 2.05) is 20.8 Å². The number of hydrogen-bond acceptors (Lipinski definition) is 3. The normalized spacial score (nSPS) is 29.0. The largest absolute Gasteiger partial charge is 0.387 e. The summed E-state index contributed by atoms with van der Waals surface area (Å²) in [7, 11) is 0. The van der Waals surface area contributed by atoms with Crippen molar-refractivity contribution in [2.24, 2.45) is 0 Å². The Bertz CT molecular complexity index is 199. The summed E-state index contributed by atoms with van der Waals surface area (Å²) >= 11 is 0. The summed E-state index contributed by atoms with van der Waals surface area (Å²) in [6.45, 7) is 8.27. The van der Waals surface area contributed by atoms with E-state index in [0.717, 1.165) is 19.3 Å². The van der Waals surface area contributed by atoms with Gasteiger partial charge in [0.2, 0.25) is 0 Å². The lowest BCUT2D eigenvalue weighted by atomic mass is 9.92. The van der Waals surface area contributed by atoms with E-state index < -0.39 is 11.4 Å². The van der Waals surface area contributed by atoms with Crippen LogP contribution >= 0.6 is 0 Å². The Morgan fingerprint density at radius 3 is 2.53 bits per heavy atom. The van der Waals surface area contributed by atoms with Crippen molar-refractivity contribution < 1.29 is 14.6 Å². The maximum Gasteiger partial charge on any atom is 0.163 e. The van der Waals surface area contributed by atoms with Crippen molar-refractivity contribution in [3.63, 3.8) is 0 Å². The second-order valence-electron chi connectivity index (χ2n) is 5.13. The molecule has 1 heterocycles. The first-order valence-corrected chi connectivity index (χ1v) is 5.91. The molecule has 0 unspecified atom stereocenters. The molecule has 1 aliphatic heterocycles. The first kappa shape index (κ1) is 12.9. The van der Waals surface area contributed by atoms with Crippen LogP contribution in [0.2, 0.25) is 0 Å². The predicted octanol–water partition coefficient (Wildman–Crippen LogP) is 2.47. The first-order valence-electron chi connectivity index (χ1n) is 5.91. The van der Waals surface area contributed by atoms with Crippen LogP contribution in [0.5, 0.6) is 0 Å². The molecule has 1 fully saturated rings. The van der Waals surface area contributed by atoms with Crippen molar-refractivity contribution in [2.75, 3.05) is 6.61 Å². The molecule has 0 aromatic rings. The van der Waals surface area contributed by atoms with Crippen LogP contribution in [0.4, 0.5) is 0 Å². The molecular weight excluding hydrogens is 192 g/mol. The SMILES string of the molecule is CCCCC[C@@](C)(O)[C@@H]1COC(C)(C)O1. The Kier molecular flexibility index (Phi) is 4.15. The van der Waals surface area contributed by atoms with Gasteiger partial charge in [0.15, 0.2) is 5.79 Å². The number of aliphatic hydroxyl groups is 1. The highest BCUT2D eigenvalue weighted by Gasteiger charge is 2.42. The van der Waals surface area contributed by atoms with Crippen LogP contribution in [0, 0.1) is 0 Å². The van der Waals surface area contributed by atoms with Crippen molar-refractivity contribution in [3.05, 3.63) is 0 Å². The zero-order chi connectivity index (χ0) is 11.5. The third-order valence-corrected chi connectivity index (χ3v) is 2.99. The lowest BCUT2D eigenvalue weighted by Crippen LogP contribution is -2.41. The van der Waals surface area contributed by atoms with Crippen LogP contribution in [0.25, 0.3) is 0 Å². The van der Waals surface area contributed by atoms with Crippen molar-refractivity contribution in [1.82, 2.24) is 0 Å². The summed E-state index contributed by atoms with van der Waals surface area (Å²) < 4.78 is 11.1. The smallest absolute Gasteiger partial charge is 0.163 e. The van der Waals surface area contributed by atoms with E-state index >= 15 is 0 Å². The number of unbranched alkanes of at least 4 members (excludes halogenated alkanes) is 2.